The van der Waals surface area contributed by atoms with Gasteiger partial charge in [-0.2, -0.15) is 0 Å². The van der Waals surface area contributed by atoms with E-state index in [1.54, 1.807) is 0 Å². The topological polar surface area (TPSA) is 36.9 Å². The Bertz CT molecular complexity index is 338. The molecule has 0 aliphatic heterocycles. The Balaban J connectivity index is 2.60. The molecule has 1 aliphatic carbocycles. The van der Waals surface area contributed by atoms with Crippen LogP contribution in [0.1, 0.15) is 81.6 Å². The zero-order chi connectivity index (χ0) is 16.5. The molecule has 1 saturated carbocycles. The van der Waals surface area contributed by atoms with Crippen LogP contribution in [0.4, 0.5) is 0 Å². The second kappa shape index (κ2) is 6.15. The molecule has 2 atom stereocenters. The Morgan fingerprint density at radius 1 is 0.857 bits per heavy atom. The largest absolute Gasteiger partial charge is 0.232 e. The van der Waals surface area contributed by atoms with Crippen molar-refractivity contribution in [1.82, 2.24) is 0 Å². The molecule has 1 aliphatic rings. The molecule has 0 N–H and O–H groups in total. The maximum atomic E-state index is 5.77. The molecule has 0 aromatic heterocycles. The van der Waals surface area contributed by atoms with Crippen molar-refractivity contribution in [3.8, 4) is 0 Å². The second-order valence-electron chi connectivity index (χ2n) is 9.21. The minimum absolute atomic E-state index is 0.0283. The monoisotopic (exact) mass is 302 g/mol. The summed E-state index contributed by atoms with van der Waals surface area (Å²) in [6.07, 6.45) is 2.73. The summed E-state index contributed by atoms with van der Waals surface area (Å²) in [6.45, 7) is 18.5. The lowest BCUT2D eigenvalue weighted by Gasteiger charge is -2.46. The molecule has 4 nitrogen and oxygen atoms in total. The minimum Gasteiger partial charge on any atom is -0.232 e. The average Bonchev–Trinajstić information content (AvgIpc) is 2.22. The molecular weight excluding hydrogens is 268 g/mol. The molecule has 1 fully saturated rings. The maximum Gasteiger partial charge on any atom is 0.101 e. The van der Waals surface area contributed by atoms with E-state index >= 15 is 0 Å². The van der Waals surface area contributed by atoms with E-state index in [2.05, 4.69) is 20.8 Å². The van der Waals surface area contributed by atoms with Crippen LogP contribution in [0.3, 0.4) is 0 Å². The molecule has 0 saturated heterocycles. The van der Waals surface area contributed by atoms with E-state index in [4.69, 9.17) is 19.6 Å². The lowest BCUT2D eigenvalue weighted by molar-refractivity contribution is -0.427. The molecule has 0 bridgehead atoms. The zero-order valence-electron chi connectivity index (χ0n) is 15.3. The molecule has 126 valence electrons. The Labute approximate surface area is 130 Å². The zero-order valence-corrected chi connectivity index (χ0v) is 15.3. The fourth-order valence-electron chi connectivity index (χ4n) is 2.67. The summed E-state index contributed by atoms with van der Waals surface area (Å²) in [5, 5.41) is 0. The first-order valence-corrected chi connectivity index (χ1v) is 7.94. The van der Waals surface area contributed by atoms with Gasteiger partial charge in [-0.05, 0) is 73.1 Å². The van der Waals surface area contributed by atoms with Crippen LogP contribution in [-0.2, 0) is 19.6 Å². The fourth-order valence-corrected chi connectivity index (χ4v) is 2.67. The van der Waals surface area contributed by atoms with Crippen molar-refractivity contribution in [3.63, 3.8) is 0 Å². The van der Waals surface area contributed by atoms with Crippen LogP contribution in [0.15, 0.2) is 0 Å². The van der Waals surface area contributed by atoms with Crippen LogP contribution in [0, 0.1) is 5.41 Å². The average molecular weight is 302 g/mol. The van der Waals surface area contributed by atoms with Gasteiger partial charge < -0.3 is 0 Å². The quantitative estimate of drug-likeness (QED) is 0.551. The van der Waals surface area contributed by atoms with E-state index in [0.717, 1.165) is 19.3 Å². The van der Waals surface area contributed by atoms with Crippen LogP contribution in [0.25, 0.3) is 0 Å². The van der Waals surface area contributed by atoms with Crippen LogP contribution < -0.4 is 0 Å². The van der Waals surface area contributed by atoms with Gasteiger partial charge in [0.1, 0.15) is 5.60 Å². The highest BCUT2D eigenvalue weighted by Crippen LogP contribution is 2.45. The molecule has 1 rings (SSSR count). The Morgan fingerprint density at radius 2 is 1.38 bits per heavy atom. The first kappa shape index (κ1) is 18.9. The highest BCUT2D eigenvalue weighted by Gasteiger charge is 2.46. The first-order valence-electron chi connectivity index (χ1n) is 7.94. The predicted octanol–water partition coefficient (Wildman–Crippen LogP) is 4.82. The van der Waals surface area contributed by atoms with E-state index in [1.807, 2.05) is 41.5 Å². The second-order valence-corrected chi connectivity index (χ2v) is 9.21. The van der Waals surface area contributed by atoms with Crippen molar-refractivity contribution in [2.45, 2.75) is 104 Å². The van der Waals surface area contributed by atoms with Crippen LogP contribution >= 0.6 is 0 Å². The lowest BCUT2D eigenvalue weighted by atomic mass is 9.68. The lowest BCUT2D eigenvalue weighted by Crippen LogP contribution is -2.48. The van der Waals surface area contributed by atoms with E-state index in [0.29, 0.717) is 0 Å². The van der Waals surface area contributed by atoms with Crippen LogP contribution in [0.5, 0.6) is 0 Å². The summed E-state index contributed by atoms with van der Waals surface area (Å²) >= 11 is 0. The summed E-state index contributed by atoms with van der Waals surface area (Å²) in [7, 11) is 0. The fraction of sp³-hybridized carbons (Fsp3) is 1.00. The Morgan fingerprint density at radius 3 is 1.81 bits per heavy atom. The highest BCUT2D eigenvalue weighted by atomic mass is 17.2. The maximum absolute atomic E-state index is 5.77. The third kappa shape index (κ3) is 6.64. The molecule has 2 unspecified atom stereocenters. The molecule has 0 aromatic carbocycles. The molecule has 4 heteroatoms. The first-order chi connectivity index (χ1) is 9.23. The van der Waals surface area contributed by atoms with Gasteiger partial charge in [0, 0.05) is 0 Å². The Hall–Kier alpha value is -0.160. The third-order valence-electron chi connectivity index (χ3n) is 3.54. The summed E-state index contributed by atoms with van der Waals surface area (Å²) in [5.41, 5.74) is -0.892. The van der Waals surface area contributed by atoms with Crippen LogP contribution in [-0.4, -0.2) is 22.9 Å². The molecule has 0 amide bonds. The third-order valence-corrected chi connectivity index (χ3v) is 3.54. The van der Waals surface area contributed by atoms with E-state index in [9.17, 15) is 0 Å². The minimum atomic E-state index is -0.296. The van der Waals surface area contributed by atoms with Crippen molar-refractivity contribution >= 4 is 0 Å². The van der Waals surface area contributed by atoms with Gasteiger partial charge in [-0.3, -0.25) is 0 Å². The van der Waals surface area contributed by atoms with Gasteiger partial charge in [-0.15, -0.1) is 0 Å². The summed E-state index contributed by atoms with van der Waals surface area (Å²) < 4.78 is 0. The van der Waals surface area contributed by atoms with Gasteiger partial charge in [-0.1, -0.05) is 13.8 Å². The van der Waals surface area contributed by atoms with Gasteiger partial charge in [0.05, 0.1) is 17.3 Å². The van der Waals surface area contributed by atoms with Crippen molar-refractivity contribution in [2.75, 3.05) is 0 Å². The summed E-state index contributed by atoms with van der Waals surface area (Å²) in [5.74, 6) is 0. The van der Waals surface area contributed by atoms with Crippen molar-refractivity contribution < 1.29 is 19.6 Å². The van der Waals surface area contributed by atoms with Gasteiger partial charge in [0.15, 0.2) is 0 Å². The van der Waals surface area contributed by atoms with E-state index in [-0.39, 0.29) is 28.3 Å². The molecule has 0 aromatic rings. The predicted molar refractivity (Wildman–Crippen MR) is 83.7 cm³/mol. The molecular formula is C17H34O4. The van der Waals surface area contributed by atoms with Gasteiger partial charge in [-0.25, -0.2) is 19.6 Å². The van der Waals surface area contributed by atoms with Crippen molar-refractivity contribution in [1.29, 1.82) is 0 Å². The smallest absolute Gasteiger partial charge is 0.101 e. The van der Waals surface area contributed by atoms with Gasteiger partial charge >= 0.3 is 0 Å². The highest BCUT2D eigenvalue weighted by molar-refractivity contribution is 4.94. The van der Waals surface area contributed by atoms with Gasteiger partial charge in [0.2, 0.25) is 0 Å². The molecule has 21 heavy (non-hydrogen) atoms. The summed E-state index contributed by atoms with van der Waals surface area (Å²) in [4.78, 5) is 22.5. The van der Waals surface area contributed by atoms with Crippen molar-refractivity contribution in [3.05, 3.63) is 0 Å². The number of rotatable bonds is 4. The van der Waals surface area contributed by atoms with E-state index in [1.165, 1.54) is 0 Å². The van der Waals surface area contributed by atoms with E-state index < -0.39 is 0 Å². The standard InChI is InChI=1S/C17H34O4/c1-14(2,3)19-18-13-10-11-17(9,12-16(13,7)8)21-20-15(4,5)6/h13H,10-12H2,1-9H3. The van der Waals surface area contributed by atoms with Crippen LogP contribution in [0.2, 0.25) is 0 Å². The molecule has 0 radical (unpaired) electrons. The molecule has 0 spiro atoms. The number of hydrogen-bond donors (Lipinski definition) is 0. The normalized spacial score (nSPS) is 30.4. The van der Waals surface area contributed by atoms with Gasteiger partial charge in [0.25, 0.3) is 0 Å². The Kier molecular flexibility index (Phi) is 5.53. The summed E-state index contributed by atoms with van der Waals surface area (Å²) in [6, 6.07) is 0. The van der Waals surface area contributed by atoms with Crippen molar-refractivity contribution in [2.24, 2.45) is 5.41 Å². The SMILES string of the molecule is CC(C)(C)OOC1CCC(C)(OOC(C)(C)C)CC1(C)C. The molecule has 0 heterocycles. The number of hydrogen-bond acceptors (Lipinski definition) is 4.